The number of isocyanates is 1. The number of allylic oxidation sites excluding steroid dienone is 1. The van der Waals surface area contributed by atoms with E-state index >= 15 is 0 Å². The summed E-state index contributed by atoms with van der Waals surface area (Å²) in [5, 5.41) is 0. The Hall–Kier alpha value is -1.34. The van der Waals surface area contributed by atoms with E-state index in [0.29, 0.717) is 6.61 Å². The number of rotatable bonds is 3. The molecular formula is C10H13NO2. The Kier molecular flexibility index (Phi) is 3.47. The molecular weight excluding hydrogens is 166 g/mol. The molecule has 0 spiro atoms. The molecule has 0 N–H and O–H groups in total. The van der Waals surface area contributed by atoms with Gasteiger partial charge in [0.25, 0.3) is 0 Å². The zero-order valence-corrected chi connectivity index (χ0v) is 7.91. The number of ether oxygens (including phenoxy) is 1. The monoisotopic (exact) mass is 179 g/mol. The Morgan fingerprint density at radius 3 is 3.15 bits per heavy atom. The highest BCUT2D eigenvalue weighted by atomic mass is 16.5. The normalized spacial score (nSPS) is 21.2. The van der Waals surface area contributed by atoms with Gasteiger partial charge in [0.1, 0.15) is 5.76 Å². The SMILES string of the molecule is CCOC1=C(C)C(N=C=O)CC=C1. The van der Waals surface area contributed by atoms with Crippen LogP contribution in [0.15, 0.2) is 28.5 Å². The average Bonchev–Trinajstić information content (AvgIpc) is 2.13. The highest BCUT2D eigenvalue weighted by molar-refractivity contribution is 5.38. The molecule has 0 saturated carbocycles. The first kappa shape index (κ1) is 9.75. The van der Waals surface area contributed by atoms with Crippen molar-refractivity contribution in [2.24, 2.45) is 4.99 Å². The first-order valence-corrected chi connectivity index (χ1v) is 4.36. The molecule has 13 heavy (non-hydrogen) atoms. The lowest BCUT2D eigenvalue weighted by Crippen LogP contribution is -2.11. The third kappa shape index (κ3) is 2.30. The van der Waals surface area contributed by atoms with Gasteiger partial charge in [0.15, 0.2) is 0 Å². The fourth-order valence-electron chi connectivity index (χ4n) is 1.31. The minimum absolute atomic E-state index is 0.0796. The molecule has 0 heterocycles. The Morgan fingerprint density at radius 1 is 1.77 bits per heavy atom. The van der Waals surface area contributed by atoms with Gasteiger partial charge in [-0.2, -0.15) is 4.99 Å². The van der Waals surface area contributed by atoms with E-state index in [1.807, 2.05) is 26.0 Å². The molecule has 0 aromatic heterocycles. The van der Waals surface area contributed by atoms with Gasteiger partial charge in [-0.25, -0.2) is 4.79 Å². The van der Waals surface area contributed by atoms with Gasteiger partial charge in [-0.15, -0.1) is 0 Å². The molecule has 1 rings (SSSR count). The lowest BCUT2D eigenvalue weighted by Gasteiger charge is -2.17. The second kappa shape index (κ2) is 4.63. The maximum absolute atomic E-state index is 10.1. The van der Waals surface area contributed by atoms with Crippen molar-refractivity contribution in [3.05, 3.63) is 23.5 Å². The summed E-state index contributed by atoms with van der Waals surface area (Å²) >= 11 is 0. The molecule has 3 nitrogen and oxygen atoms in total. The molecule has 1 aliphatic carbocycles. The zero-order valence-electron chi connectivity index (χ0n) is 7.91. The summed E-state index contributed by atoms with van der Waals surface area (Å²) in [7, 11) is 0. The van der Waals surface area contributed by atoms with Crippen LogP contribution in [-0.4, -0.2) is 18.7 Å². The molecule has 70 valence electrons. The Labute approximate surface area is 77.8 Å². The molecule has 0 fully saturated rings. The van der Waals surface area contributed by atoms with Gasteiger partial charge in [0.05, 0.1) is 12.6 Å². The largest absolute Gasteiger partial charge is 0.494 e. The number of nitrogens with zero attached hydrogens (tertiary/aromatic N) is 1. The van der Waals surface area contributed by atoms with Crippen molar-refractivity contribution in [3.63, 3.8) is 0 Å². The lowest BCUT2D eigenvalue weighted by atomic mass is 10.00. The molecule has 0 aromatic rings. The van der Waals surface area contributed by atoms with Crippen LogP contribution in [0.1, 0.15) is 20.3 Å². The number of hydrogen-bond acceptors (Lipinski definition) is 3. The van der Waals surface area contributed by atoms with Crippen molar-refractivity contribution < 1.29 is 9.53 Å². The van der Waals surface area contributed by atoms with Crippen LogP contribution in [0.4, 0.5) is 0 Å². The minimum atomic E-state index is -0.0796. The van der Waals surface area contributed by atoms with Crippen LogP contribution in [0, 0.1) is 0 Å². The van der Waals surface area contributed by atoms with E-state index in [9.17, 15) is 4.79 Å². The quantitative estimate of drug-likeness (QED) is 0.490. The molecule has 0 aliphatic heterocycles. The molecule has 0 radical (unpaired) electrons. The third-order valence-corrected chi connectivity index (χ3v) is 2.03. The van der Waals surface area contributed by atoms with Gasteiger partial charge >= 0.3 is 0 Å². The van der Waals surface area contributed by atoms with Gasteiger partial charge in [-0.3, -0.25) is 0 Å². The summed E-state index contributed by atoms with van der Waals surface area (Å²) in [6.45, 7) is 4.50. The van der Waals surface area contributed by atoms with E-state index in [1.165, 1.54) is 0 Å². The predicted octanol–water partition coefficient (Wildman–Crippen LogP) is 1.96. The fraction of sp³-hybridized carbons (Fsp3) is 0.500. The highest BCUT2D eigenvalue weighted by Crippen LogP contribution is 2.22. The lowest BCUT2D eigenvalue weighted by molar-refractivity contribution is 0.235. The van der Waals surface area contributed by atoms with Crippen molar-refractivity contribution in [2.75, 3.05) is 6.61 Å². The highest BCUT2D eigenvalue weighted by Gasteiger charge is 2.15. The van der Waals surface area contributed by atoms with Crippen molar-refractivity contribution in [1.82, 2.24) is 0 Å². The molecule has 1 unspecified atom stereocenters. The zero-order chi connectivity index (χ0) is 9.68. The van der Waals surface area contributed by atoms with E-state index in [4.69, 9.17) is 4.74 Å². The van der Waals surface area contributed by atoms with E-state index in [2.05, 4.69) is 4.99 Å². The van der Waals surface area contributed by atoms with Crippen LogP contribution in [0.2, 0.25) is 0 Å². The number of aliphatic imine (C=N–C) groups is 1. The second-order valence-electron chi connectivity index (χ2n) is 2.85. The average molecular weight is 179 g/mol. The van der Waals surface area contributed by atoms with Crippen LogP contribution in [0.3, 0.4) is 0 Å². The summed E-state index contributed by atoms with van der Waals surface area (Å²) in [5.41, 5.74) is 1.01. The molecule has 3 heteroatoms. The van der Waals surface area contributed by atoms with Crippen molar-refractivity contribution in [2.45, 2.75) is 26.3 Å². The minimum Gasteiger partial charge on any atom is -0.494 e. The standard InChI is InChI=1S/C10H13NO2/c1-3-13-10-6-4-5-9(8(10)2)11-7-12/h4,6,9H,3,5H2,1-2H3. The number of carbonyl (C=O) groups excluding carboxylic acids is 1. The topological polar surface area (TPSA) is 38.7 Å². The van der Waals surface area contributed by atoms with Crippen LogP contribution in [0.5, 0.6) is 0 Å². The van der Waals surface area contributed by atoms with Crippen molar-refractivity contribution in [3.8, 4) is 0 Å². The molecule has 1 aliphatic rings. The van der Waals surface area contributed by atoms with Crippen molar-refractivity contribution in [1.29, 1.82) is 0 Å². The van der Waals surface area contributed by atoms with Gasteiger partial charge in [-0.05, 0) is 31.9 Å². The van der Waals surface area contributed by atoms with Gasteiger partial charge in [0, 0.05) is 0 Å². The van der Waals surface area contributed by atoms with Crippen molar-refractivity contribution >= 4 is 6.08 Å². The molecule has 0 saturated heterocycles. The second-order valence-corrected chi connectivity index (χ2v) is 2.85. The van der Waals surface area contributed by atoms with Gasteiger partial charge in [-0.1, -0.05) is 6.08 Å². The Morgan fingerprint density at radius 2 is 2.54 bits per heavy atom. The van der Waals surface area contributed by atoms with Gasteiger partial charge in [0.2, 0.25) is 6.08 Å². The summed E-state index contributed by atoms with van der Waals surface area (Å²) in [6.07, 6.45) is 6.23. The molecule has 0 bridgehead atoms. The first-order chi connectivity index (χ1) is 6.29. The summed E-state index contributed by atoms with van der Waals surface area (Å²) in [4.78, 5) is 13.8. The predicted molar refractivity (Wildman–Crippen MR) is 50.0 cm³/mol. The maximum atomic E-state index is 10.1. The maximum Gasteiger partial charge on any atom is 0.235 e. The Bertz CT molecular complexity index is 285. The number of hydrogen-bond donors (Lipinski definition) is 0. The molecule has 1 atom stereocenters. The smallest absolute Gasteiger partial charge is 0.235 e. The van der Waals surface area contributed by atoms with E-state index in [-0.39, 0.29) is 6.04 Å². The molecule has 0 aromatic carbocycles. The fourth-order valence-corrected chi connectivity index (χ4v) is 1.31. The van der Waals surface area contributed by atoms with E-state index < -0.39 is 0 Å². The summed E-state index contributed by atoms with van der Waals surface area (Å²) in [6, 6.07) is -0.0796. The van der Waals surface area contributed by atoms with E-state index in [1.54, 1.807) is 6.08 Å². The molecule has 0 amide bonds. The Balaban J connectivity index is 2.84. The van der Waals surface area contributed by atoms with E-state index in [0.717, 1.165) is 17.8 Å². The summed E-state index contributed by atoms with van der Waals surface area (Å²) < 4.78 is 5.37. The van der Waals surface area contributed by atoms with Crippen LogP contribution < -0.4 is 0 Å². The summed E-state index contributed by atoms with van der Waals surface area (Å²) in [5.74, 6) is 0.831. The van der Waals surface area contributed by atoms with Crippen LogP contribution in [0.25, 0.3) is 0 Å². The third-order valence-electron chi connectivity index (χ3n) is 2.03. The van der Waals surface area contributed by atoms with Crippen LogP contribution >= 0.6 is 0 Å². The van der Waals surface area contributed by atoms with Gasteiger partial charge < -0.3 is 4.74 Å². The van der Waals surface area contributed by atoms with Crippen LogP contribution in [-0.2, 0) is 9.53 Å². The first-order valence-electron chi connectivity index (χ1n) is 4.36.